The molecule has 1 amide bonds. The Morgan fingerprint density at radius 1 is 1.27 bits per heavy atom. The third-order valence-corrected chi connectivity index (χ3v) is 5.90. The van der Waals surface area contributed by atoms with Crippen molar-refractivity contribution in [3.05, 3.63) is 22.5 Å². The number of halogens is 1. The maximum absolute atomic E-state index is 12.9. The molecule has 2 atom stereocenters. The molecule has 2 heterocycles. The second-order valence-corrected chi connectivity index (χ2v) is 8.30. The summed E-state index contributed by atoms with van der Waals surface area (Å²) in [5, 5.41) is 2.93. The van der Waals surface area contributed by atoms with Gasteiger partial charge in [0.1, 0.15) is 15.8 Å². The Bertz CT molecular complexity index is 800. The Morgan fingerprint density at radius 3 is 2.77 bits per heavy atom. The van der Waals surface area contributed by atoms with Crippen LogP contribution in [0, 0.1) is 17.8 Å². The summed E-state index contributed by atoms with van der Waals surface area (Å²) in [4.78, 5) is 28.6. The van der Waals surface area contributed by atoms with Crippen LogP contribution in [0.15, 0.2) is 21.2 Å². The lowest BCUT2D eigenvalue weighted by atomic mass is 9.80. The average molecular weight is 421 g/mol. The minimum Gasteiger partial charge on any atom is -0.449 e. The summed E-state index contributed by atoms with van der Waals surface area (Å²) in [5.41, 5.74) is 1.37. The number of pyridine rings is 1. The van der Waals surface area contributed by atoms with E-state index in [2.05, 4.69) is 40.1 Å². The van der Waals surface area contributed by atoms with Gasteiger partial charge in [0.2, 0.25) is 5.91 Å². The number of amides is 1. The Morgan fingerprint density at radius 2 is 2.04 bits per heavy atom. The summed E-state index contributed by atoms with van der Waals surface area (Å²) < 4.78 is 6.15. The van der Waals surface area contributed by atoms with E-state index < -0.39 is 0 Å². The zero-order valence-electron chi connectivity index (χ0n) is 15.3. The van der Waals surface area contributed by atoms with E-state index in [0.29, 0.717) is 39.5 Å². The first kappa shape index (κ1) is 19.1. The van der Waals surface area contributed by atoms with E-state index in [1.807, 2.05) is 0 Å². The number of furan rings is 1. The molecule has 1 N–H and O–H groups in total. The van der Waals surface area contributed by atoms with Crippen LogP contribution in [0.5, 0.6) is 0 Å². The van der Waals surface area contributed by atoms with Crippen molar-refractivity contribution >= 4 is 44.9 Å². The van der Waals surface area contributed by atoms with Crippen molar-refractivity contribution in [1.29, 1.82) is 0 Å². The van der Waals surface area contributed by atoms with Crippen molar-refractivity contribution in [1.82, 2.24) is 4.98 Å². The van der Waals surface area contributed by atoms with Crippen LogP contribution in [0.4, 0.5) is 5.69 Å². The first-order chi connectivity index (χ1) is 12.5. The number of hydrogen-bond donors (Lipinski definition) is 1. The van der Waals surface area contributed by atoms with Crippen LogP contribution in [-0.4, -0.2) is 17.2 Å². The summed E-state index contributed by atoms with van der Waals surface area (Å²) >= 11 is 3.33. The Balaban J connectivity index is 1.79. The Kier molecular flexibility index (Phi) is 6.12. The fourth-order valence-electron chi connectivity index (χ4n) is 3.83. The molecule has 0 aromatic carbocycles. The lowest BCUT2D eigenvalue weighted by Gasteiger charge is -2.26. The van der Waals surface area contributed by atoms with E-state index in [9.17, 15) is 9.59 Å². The first-order valence-electron chi connectivity index (χ1n) is 9.34. The molecule has 140 valence electrons. The molecule has 26 heavy (non-hydrogen) atoms. The Labute approximate surface area is 162 Å². The van der Waals surface area contributed by atoms with Crippen molar-refractivity contribution in [2.45, 2.75) is 52.4 Å². The predicted octanol–water partition coefficient (Wildman–Crippen LogP) is 5.58. The highest BCUT2D eigenvalue weighted by Gasteiger charge is 2.26. The van der Waals surface area contributed by atoms with Crippen LogP contribution in [0.2, 0.25) is 0 Å². The van der Waals surface area contributed by atoms with Crippen LogP contribution in [-0.2, 0) is 4.79 Å². The number of fused-ring (bicyclic) bond motifs is 1. The molecule has 1 aliphatic rings. The van der Waals surface area contributed by atoms with Gasteiger partial charge in [0.05, 0.1) is 0 Å². The molecule has 0 bridgehead atoms. The van der Waals surface area contributed by atoms with Crippen molar-refractivity contribution in [2.24, 2.45) is 17.8 Å². The summed E-state index contributed by atoms with van der Waals surface area (Å²) in [6.07, 6.45) is 6.97. The Hall–Kier alpha value is -1.69. The average Bonchev–Trinajstić information content (AvgIpc) is 2.91. The molecule has 1 saturated carbocycles. The maximum Gasteiger partial charge on any atom is 0.227 e. The predicted molar refractivity (Wildman–Crippen MR) is 105 cm³/mol. The minimum atomic E-state index is -0.0398. The molecule has 1 aliphatic carbocycles. The van der Waals surface area contributed by atoms with Crippen LogP contribution in [0.25, 0.3) is 11.1 Å². The third kappa shape index (κ3) is 4.17. The second-order valence-electron chi connectivity index (χ2n) is 7.49. The molecule has 3 rings (SSSR count). The van der Waals surface area contributed by atoms with E-state index in [-0.39, 0.29) is 17.6 Å². The number of carbonyl (C=O) groups is 2. The van der Waals surface area contributed by atoms with Crippen molar-refractivity contribution < 1.29 is 14.0 Å². The SMILES string of the molecule is CC(C)C1CCCC[C@H](C(=O)Nc2c(C=O)oc3ccc(Br)nc23)CC1. The first-order valence-corrected chi connectivity index (χ1v) is 10.1. The molecule has 0 aliphatic heterocycles. The number of aldehydes is 1. The van der Waals surface area contributed by atoms with Gasteiger partial charge in [-0.15, -0.1) is 0 Å². The van der Waals surface area contributed by atoms with Gasteiger partial charge in [-0.25, -0.2) is 4.98 Å². The molecule has 0 saturated heterocycles. The molecular formula is C20H25BrN2O3. The van der Waals surface area contributed by atoms with E-state index >= 15 is 0 Å². The van der Waals surface area contributed by atoms with E-state index in [1.54, 1.807) is 12.1 Å². The molecule has 6 heteroatoms. The molecule has 1 unspecified atom stereocenters. The summed E-state index contributed by atoms with van der Waals surface area (Å²) in [5.74, 6) is 1.38. The van der Waals surface area contributed by atoms with Gasteiger partial charge < -0.3 is 9.73 Å². The molecule has 5 nitrogen and oxygen atoms in total. The zero-order valence-corrected chi connectivity index (χ0v) is 16.8. The zero-order chi connectivity index (χ0) is 18.7. The number of nitrogens with zero attached hydrogens (tertiary/aromatic N) is 1. The number of carbonyl (C=O) groups excluding carboxylic acids is 2. The lowest BCUT2D eigenvalue weighted by Crippen LogP contribution is -2.26. The van der Waals surface area contributed by atoms with Gasteiger partial charge in [-0.1, -0.05) is 33.1 Å². The fraction of sp³-hybridized carbons (Fsp3) is 0.550. The summed E-state index contributed by atoms with van der Waals surface area (Å²) in [6.45, 7) is 4.53. The third-order valence-electron chi connectivity index (χ3n) is 5.46. The van der Waals surface area contributed by atoms with Crippen LogP contribution < -0.4 is 5.32 Å². The van der Waals surface area contributed by atoms with Gasteiger partial charge in [0.25, 0.3) is 0 Å². The normalized spacial score (nSPS) is 21.4. The molecule has 0 spiro atoms. The van der Waals surface area contributed by atoms with E-state index in [4.69, 9.17) is 4.42 Å². The van der Waals surface area contributed by atoms with Gasteiger partial charge in [-0.05, 0) is 59.2 Å². The largest absolute Gasteiger partial charge is 0.449 e. The molecule has 2 aromatic rings. The van der Waals surface area contributed by atoms with Gasteiger partial charge in [-0.2, -0.15) is 0 Å². The quantitative estimate of drug-likeness (QED) is 0.517. The molecule has 1 fully saturated rings. The number of anilines is 1. The van der Waals surface area contributed by atoms with Crippen molar-refractivity contribution in [2.75, 3.05) is 5.32 Å². The second kappa shape index (κ2) is 8.33. The highest BCUT2D eigenvalue weighted by atomic mass is 79.9. The maximum atomic E-state index is 12.9. The lowest BCUT2D eigenvalue weighted by molar-refractivity contribution is -0.120. The minimum absolute atomic E-state index is 0.0341. The van der Waals surface area contributed by atoms with Gasteiger partial charge in [0, 0.05) is 5.92 Å². The highest BCUT2D eigenvalue weighted by molar-refractivity contribution is 9.10. The number of rotatable bonds is 4. The number of nitrogens with one attached hydrogen (secondary N) is 1. The van der Waals surface area contributed by atoms with Crippen molar-refractivity contribution in [3.63, 3.8) is 0 Å². The monoisotopic (exact) mass is 420 g/mol. The van der Waals surface area contributed by atoms with E-state index in [0.717, 1.165) is 25.7 Å². The standard InChI is InChI=1S/C20H25BrN2O3/c1-12(2)13-5-3-4-6-14(8-7-13)20(25)23-19-16(11-24)26-15-9-10-17(21)22-18(15)19/h9-14H,3-8H2,1-2H3,(H,23,25)/t13?,14-/m0/s1. The van der Waals surface area contributed by atoms with Gasteiger partial charge in [0.15, 0.2) is 17.6 Å². The molecule has 0 radical (unpaired) electrons. The highest BCUT2D eigenvalue weighted by Crippen LogP contribution is 2.33. The molecule has 2 aromatic heterocycles. The van der Waals surface area contributed by atoms with Gasteiger partial charge >= 0.3 is 0 Å². The summed E-state index contributed by atoms with van der Waals surface area (Å²) in [7, 11) is 0. The topological polar surface area (TPSA) is 72.2 Å². The van der Waals surface area contributed by atoms with Crippen LogP contribution in [0.3, 0.4) is 0 Å². The number of aromatic nitrogens is 1. The summed E-state index contributed by atoms with van der Waals surface area (Å²) in [6, 6.07) is 3.48. The fourth-order valence-corrected chi connectivity index (χ4v) is 4.14. The van der Waals surface area contributed by atoms with Crippen molar-refractivity contribution in [3.8, 4) is 0 Å². The van der Waals surface area contributed by atoms with E-state index in [1.165, 1.54) is 12.8 Å². The van der Waals surface area contributed by atoms with Crippen LogP contribution >= 0.6 is 15.9 Å². The van der Waals surface area contributed by atoms with Crippen LogP contribution in [0.1, 0.15) is 62.9 Å². The smallest absolute Gasteiger partial charge is 0.227 e. The number of hydrogen-bond acceptors (Lipinski definition) is 4. The van der Waals surface area contributed by atoms with Gasteiger partial charge in [-0.3, -0.25) is 9.59 Å². The molecular weight excluding hydrogens is 396 g/mol.